The van der Waals surface area contributed by atoms with Crippen LogP contribution >= 0.6 is 7.60 Å². The molecule has 6 heteroatoms. The first kappa shape index (κ1) is 29.0. The van der Waals surface area contributed by atoms with Crippen LogP contribution in [0, 0.1) is 33.6 Å². The van der Waals surface area contributed by atoms with Gasteiger partial charge in [0, 0.05) is 12.2 Å². The normalized spacial score (nSPS) is 9.83. The number of hydrogen-bond acceptors (Lipinski definition) is 3. The predicted octanol–water partition coefficient (Wildman–Crippen LogP) is 6.30. The maximum atomic E-state index is 9.86. The van der Waals surface area contributed by atoms with Crippen LogP contribution in [0.5, 0.6) is 17.2 Å². The van der Waals surface area contributed by atoms with Crippen LogP contribution in [-0.2, 0) is 4.57 Å². The molecule has 0 aliphatic carbocycles. The van der Waals surface area contributed by atoms with Gasteiger partial charge in [-0.2, -0.15) is 0 Å². The van der Waals surface area contributed by atoms with E-state index in [-0.39, 0.29) is 5.92 Å². The van der Waals surface area contributed by atoms with Gasteiger partial charge in [0.05, 0.1) is 0 Å². The van der Waals surface area contributed by atoms with E-state index in [1.54, 1.807) is 12.1 Å². The van der Waals surface area contributed by atoms with E-state index in [2.05, 4.69) is 59.6 Å². The molecule has 0 saturated heterocycles. The predicted molar refractivity (Wildman–Crippen MR) is 122 cm³/mol. The van der Waals surface area contributed by atoms with Gasteiger partial charge in [-0.3, -0.25) is 4.57 Å². The summed E-state index contributed by atoms with van der Waals surface area (Å²) in [7, 11) is -3.64. The molecule has 2 aromatic rings. The topological polar surface area (TPSA) is 87.0 Å². The maximum Gasteiger partial charge on any atom is 0.322 e. The minimum Gasteiger partial charge on any atom is -0.508 e. The summed E-state index contributed by atoms with van der Waals surface area (Å²) in [6, 6.07) is 9.65. The van der Waals surface area contributed by atoms with Gasteiger partial charge in [-0.25, -0.2) is 0 Å². The lowest BCUT2D eigenvalue weighted by Crippen LogP contribution is -1.94. The van der Waals surface area contributed by atoms with Crippen molar-refractivity contribution >= 4 is 7.60 Å². The van der Waals surface area contributed by atoms with Gasteiger partial charge in [-0.15, -0.1) is 12.8 Å². The van der Waals surface area contributed by atoms with Gasteiger partial charge >= 0.3 is 7.60 Å². The number of terminal acetylenes is 1. The number of rotatable bonds is 3. The van der Waals surface area contributed by atoms with Crippen molar-refractivity contribution in [2.24, 2.45) is 0 Å². The Morgan fingerprint density at radius 2 is 1.38 bits per heavy atom. The van der Waals surface area contributed by atoms with Crippen LogP contribution in [0.4, 0.5) is 0 Å². The molecule has 0 aromatic heterocycles. The number of benzene rings is 2. The van der Waals surface area contributed by atoms with Crippen LogP contribution in [0.2, 0.25) is 0 Å². The van der Waals surface area contributed by atoms with E-state index in [4.69, 9.17) is 14.5 Å². The van der Waals surface area contributed by atoms with E-state index in [9.17, 15) is 9.67 Å². The zero-order chi connectivity index (χ0) is 23.4. The SMILES string of the molecule is C#C.CC.CP(=O)(O)O.Cc1cc(C)c(Oc2ccc(O)c(C(C)C)c2)c(C)c1. The van der Waals surface area contributed by atoms with E-state index < -0.39 is 7.60 Å². The van der Waals surface area contributed by atoms with Crippen LogP contribution in [0.15, 0.2) is 30.3 Å². The molecule has 0 fully saturated rings. The van der Waals surface area contributed by atoms with Crippen molar-refractivity contribution in [1.29, 1.82) is 0 Å². The zero-order valence-corrected chi connectivity index (χ0v) is 19.6. The first-order valence-corrected chi connectivity index (χ1v) is 11.4. The lowest BCUT2D eigenvalue weighted by molar-refractivity contribution is 0.381. The molecule has 0 heterocycles. The molecule has 0 aliphatic rings. The Morgan fingerprint density at radius 1 is 0.966 bits per heavy atom. The monoisotopic (exact) mass is 422 g/mol. The molecule has 0 saturated carbocycles. The number of hydrogen-bond donors (Lipinski definition) is 3. The summed E-state index contributed by atoms with van der Waals surface area (Å²) < 4.78 is 15.4. The minimum absolute atomic E-state index is 0.263. The summed E-state index contributed by atoms with van der Waals surface area (Å²) in [6.07, 6.45) is 8.00. The third kappa shape index (κ3) is 12.0. The van der Waals surface area contributed by atoms with Gasteiger partial charge in [0.2, 0.25) is 0 Å². The molecule has 0 spiro atoms. The molecule has 5 nitrogen and oxygen atoms in total. The zero-order valence-electron chi connectivity index (χ0n) is 18.7. The summed E-state index contributed by atoms with van der Waals surface area (Å²) in [5.41, 5.74) is 4.40. The largest absolute Gasteiger partial charge is 0.508 e. The first-order valence-electron chi connectivity index (χ1n) is 9.33. The van der Waals surface area contributed by atoms with Crippen molar-refractivity contribution in [1.82, 2.24) is 0 Å². The molecule has 0 atom stereocenters. The number of aryl methyl sites for hydroxylation is 3. The minimum atomic E-state index is -3.64. The van der Waals surface area contributed by atoms with Crippen LogP contribution in [-0.4, -0.2) is 21.6 Å². The smallest absolute Gasteiger partial charge is 0.322 e. The lowest BCUT2D eigenvalue weighted by Gasteiger charge is -2.15. The Kier molecular flexibility index (Phi) is 13.8. The molecule has 0 radical (unpaired) electrons. The Labute approximate surface area is 175 Å². The van der Waals surface area contributed by atoms with Crippen molar-refractivity contribution in [3.05, 3.63) is 52.6 Å². The Balaban J connectivity index is 0. The van der Waals surface area contributed by atoms with Crippen molar-refractivity contribution in [3.63, 3.8) is 0 Å². The van der Waals surface area contributed by atoms with Gasteiger partial charge < -0.3 is 19.6 Å². The fourth-order valence-corrected chi connectivity index (χ4v) is 2.50. The quantitative estimate of drug-likeness (QED) is 0.399. The number of ether oxygens (including phenoxy) is 1. The molecule has 2 aromatic carbocycles. The average Bonchev–Trinajstić information content (AvgIpc) is 2.61. The molecule has 0 unspecified atom stereocenters. The molecule has 162 valence electrons. The van der Waals surface area contributed by atoms with Gasteiger partial charge in [0.25, 0.3) is 0 Å². The molecule has 2 rings (SSSR count). The van der Waals surface area contributed by atoms with E-state index in [0.29, 0.717) is 5.75 Å². The molecule has 0 aliphatic heterocycles. The van der Waals surface area contributed by atoms with Crippen molar-refractivity contribution in [2.45, 2.75) is 54.4 Å². The van der Waals surface area contributed by atoms with Crippen molar-refractivity contribution in [3.8, 4) is 30.1 Å². The highest BCUT2D eigenvalue weighted by molar-refractivity contribution is 7.50. The third-order valence-corrected chi connectivity index (χ3v) is 3.45. The Hall–Kier alpha value is -2.25. The number of aromatic hydroxyl groups is 1. The summed E-state index contributed by atoms with van der Waals surface area (Å²) in [4.78, 5) is 15.3. The second-order valence-corrected chi connectivity index (χ2v) is 8.21. The van der Waals surface area contributed by atoms with Gasteiger partial charge in [0.15, 0.2) is 0 Å². The Bertz CT molecular complexity index is 788. The maximum absolute atomic E-state index is 9.86. The van der Waals surface area contributed by atoms with Gasteiger partial charge in [0.1, 0.15) is 17.2 Å². The third-order valence-electron chi connectivity index (χ3n) is 3.45. The molecule has 0 bridgehead atoms. The second-order valence-electron chi connectivity index (χ2n) is 6.54. The average molecular weight is 423 g/mol. The summed E-state index contributed by atoms with van der Waals surface area (Å²) >= 11 is 0. The van der Waals surface area contributed by atoms with Crippen LogP contribution in [0.1, 0.15) is 55.9 Å². The standard InChI is InChI=1S/C18H22O2.C2H6.C2H2.CH5O3P/c1-11(2)16-10-15(6-7-17(16)19)20-18-13(4)8-12(3)9-14(18)5;2*1-2;1-5(2,3)4/h6-11,19H,1-5H3;1-2H3;1-2H;1H3,(H2,2,3,4). The highest BCUT2D eigenvalue weighted by Crippen LogP contribution is 2.34. The van der Waals surface area contributed by atoms with Crippen molar-refractivity contribution < 1.29 is 24.2 Å². The Morgan fingerprint density at radius 3 is 1.76 bits per heavy atom. The molecular formula is C23H35O5P. The second kappa shape index (κ2) is 13.8. The highest BCUT2D eigenvalue weighted by Gasteiger charge is 2.10. The van der Waals surface area contributed by atoms with E-state index in [0.717, 1.165) is 34.9 Å². The lowest BCUT2D eigenvalue weighted by atomic mass is 10.0. The van der Waals surface area contributed by atoms with Gasteiger partial charge in [-0.1, -0.05) is 45.4 Å². The number of phenols is 1. The highest BCUT2D eigenvalue weighted by atomic mass is 31.2. The summed E-state index contributed by atoms with van der Waals surface area (Å²) in [5.74, 6) is 2.25. The summed E-state index contributed by atoms with van der Waals surface area (Å²) in [5, 5.41) is 9.86. The summed E-state index contributed by atoms with van der Waals surface area (Å²) in [6.45, 7) is 15.2. The van der Waals surface area contributed by atoms with E-state index in [1.165, 1.54) is 5.56 Å². The van der Waals surface area contributed by atoms with E-state index >= 15 is 0 Å². The molecule has 3 N–H and O–H groups in total. The van der Waals surface area contributed by atoms with Crippen molar-refractivity contribution in [2.75, 3.05) is 6.66 Å². The first-order chi connectivity index (χ1) is 13.4. The van der Waals surface area contributed by atoms with Crippen LogP contribution in [0.3, 0.4) is 0 Å². The fraction of sp³-hybridized carbons (Fsp3) is 0.391. The van der Waals surface area contributed by atoms with Crippen LogP contribution in [0.25, 0.3) is 0 Å². The molecule has 0 amide bonds. The molecular weight excluding hydrogens is 387 g/mol. The number of phenolic OH excluding ortho intramolecular Hbond substituents is 1. The van der Waals surface area contributed by atoms with E-state index in [1.807, 2.05) is 19.9 Å². The van der Waals surface area contributed by atoms with Crippen LogP contribution < -0.4 is 4.74 Å². The molecule has 29 heavy (non-hydrogen) atoms. The fourth-order valence-electron chi connectivity index (χ4n) is 2.50. The van der Waals surface area contributed by atoms with Gasteiger partial charge in [-0.05, 0) is 56.0 Å².